The lowest BCUT2D eigenvalue weighted by Gasteiger charge is -2.32. The number of carbonyl (C=O) groups excluding carboxylic acids is 2. The van der Waals surface area contributed by atoms with Gasteiger partial charge in [0.25, 0.3) is 0 Å². The fourth-order valence-electron chi connectivity index (χ4n) is 2.85. The Bertz CT molecular complexity index is 755. The van der Waals surface area contributed by atoms with Crippen LogP contribution in [-0.2, 0) is 9.59 Å². The second-order valence-corrected chi connectivity index (χ2v) is 7.62. The molecule has 5 nitrogen and oxygen atoms in total. The van der Waals surface area contributed by atoms with Gasteiger partial charge in [0.2, 0.25) is 11.8 Å². The number of amides is 2. The number of nitrogens with one attached hydrogen (secondary N) is 1. The quantitative estimate of drug-likeness (QED) is 0.792. The molecule has 3 rings (SSSR count). The standard InChI is InChI=1S/C19H20ClN3O2S/c20-15-8-9-17(21-11-15)22-19(25)14-5-4-10-23(12-14)18(24)13-26-16-6-2-1-3-7-16/h1-3,6-9,11,14H,4-5,10,12-13H2,(H,21,22,25). The highest BCUT2D eigenvalue weighted by Crippen LogP contribution is 2.22. The van der Waals surface area contributed by atoms with E-state index in [0.717, 1.165) is 17.7 Å². The maximum atomic E-state index is 12.5. The molecule has 1 atom stereocenters. The third kappa shape index (κ3) is 5.22. The summed E-state index contributed by atoms with van der Waals surface area (Å²) in [4.78, 5) is 31.9. The largest absolute Gasteiger partial charge is 0.341 e. The molecule has 0 aliphatic carbocycles. The van der Waals surface area contributed by atoms with Crippen molar-refractivity contribution in [1.82, 2.24) is 9.88 Å². The first-order valence-electron chi connectivity index (χ1n) is 8.50. The molecule has 0 bridgehead atoms. The summed E-state index contributed by atoms with van der Waals surface area (Å²) in [5.74, 6) is 0.611. The molecule has 26 heavy (non-hydrogen) atoms. The Morgan fingerprint density at radius 1 is 1.23 bits per heavy atom. The van der Waals surface area contributed by atoms with Crippen LogP contribution in [0.3, 0.4) is 0 Å². The molecule has 7 heteroatoms. The number of anilines is 1. The van der Waals surface area contributed by atoms with Crippen molar-refractivity contribution >= 4 is 41.0 Å². The Morgan fingerprint density at radius 3 is 2.77 bits per heavy atom. The first-order chi connectivity index (χ1) is 12.6. The predicted octanol–water partition coefficient (Wildman–Crippen LogP) is 3.70. The lowest BCUT2D eigenvalue weighted by Crippen LogP contribution is -2.44. The van der Waals surface area contributed by atoms with Crippen molar-refractivity contribution in [3.63, 3.8) is 0 Å². The van der Waals surface area contributed by atoms with Gasteiger partial charge in [0.15, 0.2) is 0 Å². The van der Waals surface area contributed by atoms with E-state index >= 15 is 0 Å². The van der Waals surface area contributed by atoms with E-state index in [4.69, 9.17) is 11.6 Å². The van der Waals surface area contributed by atoms with Crippen molar-refractivity contribution in [3.05, 3.63) is 53.7 Å². The van der Waals surface area contributed by atoms with Gasteiger partial charge in [-0.1, -0.05) is 29.8 Å². The van der Waals surface area contributed by atoms with E-state index < -0.39 is 0 Å². The molecule has 1 aliphatic rings. The molecule has 0 saturated carbocycles. The monoisotopic (exact) mass is 389 g/mol. The minimum atomic E-state index is -0.216. The Hall–Kier alpha value is -2.05. The first kappa shape index (κ1) is 18.7. The first-order valence-corrected chi connectivity index (χ1v) is 9.86. The maximum absolute atomic E-state index is 12.5. The number of piperidine rings is 1. The van der Waals surface area contributed by atoms with Gasteiger partial charge in [-0.05, 0) is 37.1 Å². The number of aromatic nitrogens is 1. The number of hydrogen-bond acceptors (Lipinski definition) is 4. The Balaban J connectivity index is 1.52. The Kier molecular flexibility index (Phi) is 6.52. The molecule has 1 saturated heterocycles. The van der Waals surface area contributed by atoms with Gasteiger partial charge >= 0.3 is 0 Å². The molecule has 0 radical (unpaired) electrons. The van der Waals surface area contributed by atoms with Gasteiger partial charge in [-0.2, -0.15) is 0 Å². The molecule has 1 aliphatic heterocycles. The molecule has 2 heterocycles. The summed E-state index contributed by atoms with van der Waals surface area (Å²) in [6.07, 6.45) is 3.09. The lowest BCUT2D eigenvalue weighted by atomic mass is 9.97. The Labute approximate surface area is 162 Å². The number of benzene rings is 1. The summed E-state index contributed by atoms with van der Waals surface area (Å²) < 4.78 is 0. The highest BCUT2D eigenvalue weighted by Gasteiger charge is 2.28. The highest BCUT2D eigenvalue weighted by molar-refractivity contribution is 8.00. The summed E-state index contributed by atoms with van der Waals surface area (Å²) in [5, 5.41) is 3.33. The minimum Gasteiger partial charge on any atom is -0.341 e. The van der Waals surface area contributed by atoms with Crippen molar-refractivity contribution < 1.29 is 9.59 Å². The van der Waals surface area contributed by atoms with Crippen LogP contribution in [0.2, 0.25) is 5.02 Å². The Morgan fingerprint density at radius 2 is 2.04 bits per heavy atom. The molecule has 1 aromatic carbocycles. The fourth-order valence-corrected chi connectivity index (χ4v) is 3.78. The number of nitrogens with zero attached hydrogens (tertiary/aromatic N) is 2. The number of halogens is 1. The number of carbonyl (C=O) groups is 2. The van der Waals surface area contributed by atoms with Crippen LogP contribution >= 0.6 is 23.4 Å². The van der Waals surface area contributed by atoms with E-state index in [1.54, 1.807) is 17.0 Å². The summed E-state index contributed by atoms with van der Waals surface area (Å²) in [5.41, 5.74) is 0. The van der Waals surface area contributed by atoms with Gasteiger partial charge in [0.1, 0.15) is 5.82 Å². The summed E-state index contributed by atoms with van der Waals surface area (Å²) in [7, 11) is 0. The van der Waals surface area contributed by atoms with Crippen LogP contribution in [0.25, 0.3) is 0 Å². The van der Waals surface area contributed by atoms with Crippen molar-refractivity contribution in [3.8, 4) is 0 Å². The molecule has 0 spiro atoms. The van der Waals surface area contributed by atoms with E-state index in [2.05, 4.69) is 10.3 Å². The van der Waals surface area contributed by atoms with E-state index in [1.165, 1.54) is 18.0 Å². The molecule has 2 aromatic rings. The number of pyridine rings is 1. The van der Waals surface area contributed by atoms with E-state index in [1.807, 2.05) is 30.3 Å². The van der Waals surface area contributed by atoms with Crippen LogP contribution < -0.4 is 5.32 Å². The second-order valence-electron chi connectivity index (χ2n) is 6.13. The molecule has 1 aromatic heterocycles. The zero-order valence-corrected chi connectivity index (χ0v) is 15.8. The average molecular weight is 390 g/mol. The zero-order valence-electron chi connectivity index (χ0n) is 14.2. The average Bonchev–Trinajstić information content (AvgIpc) is 2.69. The van der Waals surface area contributed by atoms with Crippen LogP contribution in [0.5, 0.6) is 0 Å². The molecule has 1 N–H and O–H groups in total. The molecule has 1 fully saturated rings. The zero-order chi connectivity index (χ0) is 18.4. The van der Waals surface area contributed by atoms with Crippen LogP contribution in [0.4, 0.5) is 5.82 Å². The lowest BCUT2D eigenvalue weighted by molar-refractivity contribution is -0.132. The van der Waals surface area contributed by atoms with Gasteiger partial charge < -0.3 is 10.2 Å². The SMILES string of the molecule is O=C(Nc1ccc(Cl)cn1)C1CCCN(C(=O)CSc2ccccc2)C1. The van der Waals surface area contributed by atoms with E-state index in [0.29, 0.717) is 29.7 Å². The number of rotatable bonds is 5. The van der Waals surface area contributed by atoms with Crippen LogP contribution in [0.15, 0.2) is 53.6 Å². The van der Waals surface area contributed by atoms with E-state index in [9.17, 15) is 9.59 Å². The van der Waals surface area contributed by atoms with Crippen LogP contribution in [0, 0.1) is 5.92 Å². The van der Waals surface area contributed by atoms with Crippen molar-refractivity contribution in [1.29, 1.82) is 0 Å². The van der Waals surface area contributed by atoms with Gasteiger partial charge in [0, 0.05) is 24.2 Å². The van der Waals surface area contributed by atoms with Crippen LogP contribution in [0.1, 0.15) is 12.8 Å². The topological polar surface area (TPSA) is 62.3 Å². The van der Waals surface area contributed by atoms with Crippen LogP contribution in [-0.4, -0.2) is 40.5 Å². The van der Waals surface area contributed by atoms with Crippen molar-refractivity contribution in [2.75, 3.05) is 24.2 Å². The molecular formula is C19H20ClN3O2S. The second kappa shape index (κ2) is 9.05. The van der Waals surface area contributed by atoms with Crippen molar-refractivity contribution in [2.45, 2.75) is 17.7 Å². The highest BCUT2D eigenvalue weighted by atomic mass is 35.5. The third-order valence-corrected chi connectivity index (χ3v) is 5.45. The number of likely N-dealkylation sites (tertiary alicyclic amines) is 1. The summed E-state index contributed by atoms with van der Waals surface area (Å²) >= 11 is 7.32. The summed E-state index contributed by atoms with van der Waals surface area (Å²) in [6.45, 7) is 1.16. The smallest absolute Gasteiger partial charge is 0.232 e. The minimum absolute atomic E-state index is 0.0703. The fraction of sp³-hybridized carbons (Fsp3) is 0.316. The molecule has 1 unspecified atom stereocenters. The maximum Gasteiger partial charge on any atom is 0.232 e. The molecule has 2 amide bonds. The molecule has 136 valence electrons. The normalized spacial score (nSPS) is 17.0. The van der Waals surface area contributed by atoms with E-state index in [-0.39, 0.29) is 17.7 Å². The predicted molar refractivity (Wildman–Crippen MR) is 104 cm³/mol. The van der Waals surface area contributed by atoms with Gasteiger partial charge in [-0.15, -0.1) is 11.8 Å². The summed E-state index contributed by atoms with van der Waals surface area (Å²) in [6, 6.07) is 13.2. The number of hydrogen-bond donors (Lipinski definition) is 1. The molecular weight excluding hydrogens is 370 g/mol. The number of thioether (sulfide) groups is 1. The van der Waals surface area contributed by atoms with Gasteiger partial charge in [-0.3, -0.25) is 9.59 Å². The van der Waals surface area contributed by atoms with Crippen molar-refractivity contribution in [2.24, 2.45) is 5.92 Å². The van der Waals surface area contributed by atoms with Gasteiger partial charge in [0.05, 0.1) is 16.7 Å². The third-order valence-electron chi connectivity index (χ3n) is 4.23. The van der Waals surface area contributed by atoms with Gasteiger partial charge in [-0.25, -0.2) is 4.98 Å².